The van der Waals surface area contributed by atoms with E-state index in [-0.39, 0.29) is 17.9 Å². The third kappa shape index (κ3) is 5.25. The molecule has 0 spiro atoms. The van der Waals surface area contributed by atoms with Crippen LogP contribution in [0.4, 0.5) is 4.39 Å². The van der Waals surface area contributed by atoms with Crippen molar-refractivity contribution in [1.82, 2.24) is 25.7 Å². The van der Waals surface area contributed by atoms with E-state index in [1.807, 2.05) is 35.9 Å². The Morgan fingerprint density at radius 3 is 2.35 bits per heavy atom. The van der Waals surface area contributed by atoms with Crippen molar-refractivity contribution >= 4 is 28.8 Å². The first kappa shape index (κ1) is 21.9. The maximum atomic E-state index is 13.0. The molecule has 1 unspecified atom stereocenters. The van der Waals surface area contributed by atoms with E-state index < -0.39 is 29.6 Å². The van der Waals surface area contributed by atoms with E-state index in [2.05, 4.69) is 21.2 Å². The molecule has 0 saturated carbocycles. The number of aromatic nitrogens is 2. The minimum absolute atomic E-state index is 0.0280. The number of carbonyl (C=O) groups is 3. The van der Waals surface area contributed by atoms with E-state index >= 15 is 0 Å². The summed E-state index contributed by atoms with van der Waals surface area (Å²) >= 11 is 0. The van der Waals surface area contributed by atoms with Gasteiger partial charge in [-0.3, -0.25) is 25.2 Å². The lowest BCUT2D eigenvalue weighted by atomic mass is 10.0. The highest BCUT2D eigenvalue weighted by Gasteiger charge is 2.25. The number of hydrazine groups is 1. The van der Waals surface area contributed by atoms with Crippen molar-refractivity contribution in [3.05, 3.63) is 65.7 Å². The van der Waals surface area contributed by atoms with E-state index in [9.17, 15) is 18.8 Å². The van der Waals surface area contributed by atoms with Crippen LogP contribution in [-0.2, 0) is 23.1 Å². The average molecular weight is 425 g/mol. The smallest absolute Gasteiger partial charge is 0.261 e. The first-order chi connectivity index (χ1) is 14.8. The molecule has 162 valence electrons. The number of benzene rings is 2. The zero-order chi connectivity index (χ0) is 22.5. The average Bonchev–Trinajstić information content (AvgIpc) is 3.06. The van der Waals surface area contributed by atoms with Crippen molar-refractivity contribution in [2.75, 3.05) is 0 Å². The Balaban J connectivity index is 1.58. The molecule has 0 radical (unpaired) electrons. The lowest BCUT2D eigenvalue weighted by Crippen LogP contribution is -2.54. The van der Waals surface area contributed by atoms with Crippen molar-refractivity contribution < 1.29 is 18.8 Å². The third-order valence-electron chi connectivity index (χ3n) is 4.87. The summed E-state index contributed by atoms with van der Waals surface area (Å²) in [6, 6.07) is 11.6. The molecule has 0 aliphatic carbocycles. The largest absolute Gasteiger partial charge is 0.340 e. The van der Waals surface area contributed by atoms with Crippen molar-refractivity contribution in [1.29, 1.82) is 0 Å². The van der Waals surface area contributed by atoms with E-state index in [4.69, 9.17) is 0 Å². The third-order valence-corrected chi connectivity index (χ3v) is 4.87. The zero-order valence-corrected chi connectivity index (χ0v) is 17.5. The Labute approximate surface area is 178 Å². The fourth-order valence-corrected chi connectivity index (χ4v) is 3.11. The standard InChI is InChI=1S/C22H24FN5O3/c1-13(2)20(25-21(30)14-8-10-15(23)11-9-14)22(31)27-26-19(29)12-18-24-16-6-4-5-7-17(16)28(18)3/h4-11,13,20H,12H2,1-3H3,(H,25,30)(H,26,29)(H,27,31). The number of carbonyl (C=O) groups excluding carboxylic acids is 3. The minimum atomic E-state index is -0.895. The Morgan fingerprint density at radius 1 is 1.03 bits per heavy atom. The molecule has 0 aliphatic rings. The van der Waals surface area contributed by atoms with Gasteiger partial charge in [0, 0.05) is 12.6 Å². The highest BCUT2D eigenvalue weighted by Crippen LogP contribution is 2.14. The lowest BCUT2D eigenvalue weighted by molar-refractivity contribution is -0.130. The highest BCUT2D eigenvalue weighted by atomic mass is 19.1. The number of fused-ring (bicyclic) bond motifs is 1. The number of hydrogen-bond acceptors (Lipinski definition) is 4. The Morgan fingerprint density at radius 2 is 1.71 bits per heavy atom. The van der Waals surface area contributed by atoms with Gasteiger partial charge in [0.15, 0.2) is 0 Å². The van der Waals surface area contributed by atoms with Crippen molar-refractivity contribution in [3.63, 3.8) is 0 Å². The topological polar surface area (TPSA) is 105 Å². The molecule has 31 heavy (non-hydrogen) atoms. The van der Waals surface area contributed by atoms with Crippen LogP contribution in [0.3, 0.4) is 0 Å². The Bertz CT molecular complexity index is 1110. The molecule has 3 N–H and O–H groups in total. The number of hydrogen-bond donors (Lipinski definition) is 3. The summed E-state index contributed by atoms with van der Waals surface area (Å²) in [4.78, 5) is 41.7. The number of halogens is 1. The van der Waals surface area contributed by atoms with Gasteiger partial charge in [0.05, 0.1) is 17.5 Å². The second-order valence-electron chi connectivity index (χ2n) is 7.49. The number of nitrogens with one attached hydrogen (secondary N) is 3. The minimum Gasteiger partial charge on any atom is -0.340 e. The zero-order valence-electron chi connectivity index (χ0n) is 17.5. The van der Waals surface area contributed by atoms with Crippen LogP contribution in [0.1, 0.15) is 30.0 Å². The molecule has 9 heteroatoms. The van der Waals surface area contributed by atoms with Crippen LogP contribution < -0.4 is 16.2 Å². The van der Waals surface area contributed by atoms with E-state index in [0.717, 1.165) is 11.0 Å². The van der Waals surface area contributed by atoms with Gasteiger partial charge in [0.2, 0.25) is 5.91 Å². The molecule has 1 atom stereocenters. The van der Waals surface area contributed by atoms with Crippen molar-refractivity contribution in [2.24, 2.45) is 13.0 Å². The summed E-state index contributed by atoms with van der Waals surface area (Å²) < 4.78 is 14.9. The molecule has 3 rings (SSSR count). The first-order valence-electron chi connectivity index (χ1n) is 9.81. The first-order valence-corrected chi connectivity index (χ1v) is 9.81. The van der Waals surface area contributed by atoms with Gasteiger partial charge in [0.25, 0.3) is 11.8 Å². The van der Waals surface area contributed by atoms with Gasteiger partial charge in [-0.25, -0.2) is 9.37 Å². The predicted molar refractivity (Wildman–Crippen MR) is 113 cm³/mol. The monoisotopic (exact) mass is 425 g/mol. The lowest BCUT2D eigenvalue weighted by Gasteiger charge is -2.22. The fraction of sp³-hybridized carbons (Fsp3) is 0.273. The number of amides is 3. The molecule has 3 amide bonds. The molecule has 0 saturated heterocycles. The highest BCUT2D eigenvalue weighted by molar-refractivity contribution is 5.97. The van der Waals surface area contributed by atoms with E-state index in [1.165, 1.54) is 24.3 Å². The SMILES string of the molecule is CC(C)C(NC(=O)c1ccc(F)cc1)C(=O)NNC(=O)Cc1nc2ccccc2n1C. The number of nitrogens with zero attached hydrogens (tertiary/aromatic N) is 2. The maximum Gasteiger partial charge on any atom is 0.261 e. The van der Waals surface area contributed by atoms with Crippen molar-refractivity contribution in [3.8, 4) is 0 Å². The normalized spacial score (nSPS) is 11.9. The van der Waals surface area contributed by atoms with Crippen LogP contribution in [-0.4, -0.2) is 33.3 Å². The predicted octanol–water partition coefficient (Wildman–Crippen LogP) is 1.86. The fourth-order valence-electron chi connectivity index (χ4n) is 3.11. The summed E-state index contributed by atoms with van der Waals surface area (Å²) in [6.07, 6.45) is -0.0280. The van der Waals surface area contributed by atoms with Gasteiger partial charge < -0.3 is 9.88 Å². The number of para-hydroxylation sites is 2. The second kappa shape index (κ2) is 9.38. The van der Waals surface area contributed by atoms with Crippen LogP contribution >= 0.6 is 0 Å². The Hall–Kier alpha value is -3.75. The summed E-state index contributed by atoms with van der Waals surface area (Å²) in [5.74, 6) is -1.68. The Kier molecular flexibility index (Phi) is 6.64. The van der Waals surface area contributed by atoms with Gasteiger partial charge in [-0.1, -0.05) is 26.0 Å². The summed E-state index contributed by atoms with van der Waals surface area (Å²) in [6.45, 7) is 3.52. The van der Waals surface area contributed by atoms with E-state index in [1.54, 1.807) is 13.8 Å². The van der Waals surface area contributed by atoms with Gasteiger partial charge in [-0.2, -0.15) is 0 Å². The van der Waals surface area contributed by atoms with Crippen LogP contribution in [0.25, 0.3) is 11.0 Å². The molecular formula is C22H24FN5O3. The molecule has 8 nitrogen and oxygen atoms in total. The van der Waals surface area contributed by atoms with E-state index in [0.29, 0.717) is 5.82 Å². The number of rotatable bonds is 6. The van der Waals surface area contributed by atoms with Crippen LogP contribution in [0.2, 0.25) is 0 Å². The molecule has 3 aromatic rings. The van der Waals surface area contributed by atoms with Gasteiger partial charge >= 0.3 is 0 Å². The summed E-state index contributed by atoms with van der Waals surface area (Å²) in [5.41, 5.74) is 6.62. The molecular weight excluding hydrogens is 401 g/mol. The maximum absolute atomic E-state index is 13.0. The van der Waals surface area contributed by atoms with Gasteiger partial charge in [-0.15, -0.1) is 0 Å². The van der Waals surface area contributed by atoms with Crippen LogP contribution in [0, 0.1) is 11.7 Å². The second-order valence-corrected chi connectivity index (χ2v) is 7.49. The quantitative estimate of drug-likeness (QED) is 0.524. The van der Waals surface area contributed by atoms with Crippen LogP contribution in [0.15, 0.2) is 48.5 Å². The molecule has 2 aromatic carbocycles. The molecule has 1 aromatic heterocycles. The molecule has 0 aliphatic heterocycles. The van der Waals surface area contributed by atoms with Gasteiger partial charge in [0.1, 0.15) is 17.7 Å². The summed E-state index contributed by atoms with van der Waals surface area (Å²) in [5, 5.41) is 2.61. The number of imidazole rings is 1. The number of aryl methyl sites for hydroxylation is 1. The van der Waals surface area contributed by atoms with Crippen LogP contribution in [0.5, 0.6) is 0 Å². The molecule has 1 heterocycles. The summed E-state index contributed by atoms with van der Waals surface area (Å²) in [7, 11) is 1.82. The van der Waals surface area contributed by atoms with Gasteiger partial charge in [-0.05, 0) is 42.3 Å². The van der Waals surface area contributed by atoms with Crippen molar-refractivity contribution in [2.45, 2.75) is 26.3 Å². The molecule has 0 bridgehead atoms. The molecule has 0 fully saturated rings.